The second-order valence-corrected chi connectivity index (χ2v) is 6.34. The van der Waals surface area contributed by atoms with E-state index >= 15 is 0 Å². The molecule has 0 fully saturated rings. The van der Waals surface area contributed by atoms with Gasteiger partial charge in [-0.2, -0.15) is 26.3 Å². The number of aliphatic hydroxyl groups is 1. The van der Waals surface area contributed by atoms with Crippen molar-refractivity contribution in [2.45, 2.75) is 38.7 Å². The highest BCUT2D eigenvalue weighted by Gasteiger charge is 2.71. The molecule has 1 aliphatic heterocycles. The van der Waals surface area contributed by atoms with Crippen molar-refractivity contribution in [3.8, 4) is 0 Å². The van der Waals surface area contributed by atoms with Gasteiger partial charge in [-0.1, -0.05) is 31.1 Å². The fraction of sp³-hybridized carbons (Fsp3) is 0.529. The summed E-state index contributed by atoms with van der Waals surface area (Å²) in [5.74, 6) is 0.796. The second kappa shape index (κ2) is 7.61. The molecule has 11 heteroatoms. The van der Waals surface area contributed by atoms with Gasteiger partial charge in [0.15, 0.2) is 5.84 Å². The van der Waals surface area contributed by atoms with E-state index in [9.17, 15) is 31.4 Å². The molecule has 1 aliphatic rings. The Bertz CT molecular complexity index is 740. The molecule has 0 aromatic heterocycles. The van der Waals surface area contributed by atoms with E-state index < -0.39 is 23.5 Å². The first-order chi connectivity index (χ1) is 12.8. The van der Waals surface area contributed by atoms with Crippen LogP contribution in [0.2, 0.25) is 0 Å². The number of rotatable bonds is 5. The molecule has 0 bridgehead atoms. The summed E-state index contributed by atoms with van der Waals surface area (Å²) in [7, 11) is 0. The molecule has 1 N–H and O–H groups in total. The predicted molar refractivity (Wildman–Crippen MR) is 91.1 cm³/mol. The van der Waals surface area contributed by atoms with Crippen molar-refractivity contribution >= 4 is 17.4 Å². The van der Waals surface area contributed by atoms with E-state index in [0.29, 0.717) is 23.8 Å². The number of hydrogen-bond acceptors (Lipinski definition) is 4. The van der Waals surface area contributed by atoms with Crippen molar-refractivity contribution in [3.05, 3.63) is 29.8 Å². The molecule has 0 unspecified atom stereocenters. The van der Waals surface area contributed by atoms with Crippen LogP contribution in [-0.2, 0) is 10.4 Å². The molecule has 2 rings (SSSR count). The Hall–Kier alpha value is -2.30. The zero-order valence-electron chi connectivity index (χ0n) is 15.3. The average molecular weight is 411 g/mol. The van der Waals surface area contributed by atoms with Gasteiger partial charge < -0.3 is 9.94 Å². The van der Waals surface area contributed by atoms with E-state index in [2.05, 4.69) is 10.1 Å². The molecule has 0 aliphatic carbocycles. The predicted octanol–water partition coefficient (Wildman–Crippen LogP) is 4.22. The minimum atomic E-state index is -5.94. The molecule has 0 amide bonds. The van der Waals surface area contributed by atoms with Gasteiger partial charge in [-0.15, -0.1) is 0 Å². The first-order valence-electron chi connectivity index (χ1n) is 8.34. The van der Waals surface area contributed by atoms with Gasteiger partial charge in [-0.3, -0.25) is 9.89 Å². The normalized spacial score (nSPS) is 17.5. The van der Waals surface area contributed by atoms with E-state index in [1.165, 1.54) is 4.90 Å². The lowest BCUT2D eigenvalue weighted by molar-refractivity contribution is -0.376. The summed E-state index contributed by atoms with van der Waals surface area (Å²) in [5.41, 5.74) is -6.05. The molecule has 5 nitrogen and oxygen atoms in total. The Labute approximate surface area is 157 Å². The zero-order valence-corrected chi connectivity index (χ0v) is 15.3. The highest BCUT2D eigenvalue weighted by molar-refractivity contribution is 6.23. The number of nitrogens with zero attached hydrogens (tertiary/aromatic N) is 3. The number of halogens is 6. The fourth-order valence-corrected chi connectivity index (χ4v) is 2.70. The van der Waals surface area contributed by atoms with E-state index in [0.717, 1.165) is 12.1 Å². The summed E-state index contributed by atoms with van der Waals surface area (Å²) in [4.78, 5) is 10.8. The average Bonchev–Trinajstić information content (AvgIpc) is 3.01. The summed E-state index contributed by atoms with van der Waals surface area (Å²) in [6.07, 6.45) is -11.9. The van der Waals surface area contributed by atoms with Crippen molar-refractivity contribution in [3.63, 3.8) is 0 Å². The van der Waals surface area contributed by atoms with Gasteiger partial charge in [0.05, 0.1) is 0 Å². The Morgan fingerprint density at radius 3 is 2.07 bits per heavy atom. The van der Waals surface area contributed by atoms with Crippen molar-refractivity contribution in [2.75, 3.05) is 18.1 Å². The quantitative estimate of drug-likeness (QED) is 0.583. The summed E-state index contributed by atoms with van der Waals surface area (Å²) in [6, 6.07) is 3.26. The lowest BCUT2D eigenvalue weighted by Gasteiger charge is -2.33. The number of hydrogen-bond donors (Lipinski definition) is 1. The topological polar surface area (TPSA) is 57.4 Å². The molecule has 0 spiro atoms. The van der Waals surface area contributed by atoms with E-state index in [-0.39, 0.29) is 24.8 Å². The van der Waals surface area contributed by atoms with Crippen LogP contribution in [0.15, 0.2) is 34.4 Å². The maximum absolute atomic E-state index is 13.0. The third-order valence-electron chi connectivity index (χ3n) is 4.05. The Kier molecular flexibility index (Phi) is 5.98. The molecule has 0 saturated heterocycles. The van der Waals surface area contributed by atoms with E-state index in [4.69, 9.17) is 4.84 Å². The van der Waals surface area contributed by atoms with Gasteiger partial charge >= 0.3 is 12.4 Å². The highest BCUT2D eigenvalue weighted by Crippen LogP contribution is 2.50. The van der Waals surface area contributed by atoms with Crippen molar-refractivity contribution in [1.82, 2.24) is 0 Å². The molecule has 28 heavy (non-hydrogen) atoms. The van der Waals surface area contributed by atoms with Gasteiger partial charge in [-0.05, 0) is 19.1 Å². The summed E-state index contributed by atoms with van der Waals surface area (Å²) in [5, 5.41) is 13.4. The number of oxime groups is 1. The molecular formula is C17H19F6N3O2. The van der Waals surface area contributed by atoms with Gasteiger partial charge in [0.2, 0.25) is 0 Å². The van der Waals surface area contributed by atoms with Crippen molar-refractivity contribution < 1.29 is 36.3 Å². The standard InChI is InChI=1S/C17H19F6N3O2/c1-4-28-25-13-9-24-14(10(2)3)26(13)12-7-5-11(6-8-12)15(27,16(18,19)20)17(21,22)23/h5-8,10,27H,4,9H2,1-3H3/b25-13-. The van der Waals surface area contributed by atoms with Crippen LogP contribution in [0.25, 0.3) is 0 Å². The van der Waals surface area contributed by atoms with Crippen LogP contribution in [0.1, 0.15) is 26.3 Å². The Balaban J connectivity index is 2.48. The maximum Gasteiger partial charge on any atom is 0.430 e. The molecule has 0 saturated carbocycles. The molecule has 156 valence electrons. The maximum atomic E-state index is 13.0. The Morgan fingerprint density at radius 1 is 1.11 bits per heavy atom. The largest absolute Gasteiger partial charge is 0.430 e. The van der Waals surface area contributed by atoms with Gasteiger partial charge in [0.1, 0.15) is 19.0 Å². The number of anilines is 1. The van der Waals surface area contributed by atoms with Gasteiger partial charge in [0, 0.05) is 17.2 Å². The van der Waals surface area contributed by atoms with E-state index in [1.54, 1.807) is 6.92 Å². The number of aliphatic imine (C=N–C) groups is 1. The van der Waals surface area contributed by atoms with Crippen molar-refractivity contribution in [1.29, 1.82) is 0 Å². The number of alkyl halides is 6. The van der Waals surface area contributed by atoms with Gasteiger partial charge in [0.25, 0.3) is 5.60 Å². The third-order valence-corrected chi connectivity index (χ3v) is 4.05. The van der Waals surface area contributed by atoms with Crippen LogP contribution >= 0.6 is 0 Å². The smallest absolute Gasteiger partial charge is 0.395 e. The zero-order chi connectivity index (χ0) is 21.3. The minimum absolute atomic E-state index is 0.0868. The molecule has 1 heterocycles. The lowest BCUT2D eigenvalue weighted by Crippen LogP contribution is -2.53. The van der Waals surface area contributed by atoms with Crippen LogP contribution in [0, 0.1) is 5.92 Å². The first kappa shape index (κ1) is 22.0. The monoisotopic (exact) mass is 411 g/mol. The first-order valence-corrected chi connectivity index (χ1v) is 8.34. The molecule has 0 atom stereocenters. The van der Waals surface area contributed by atoms with Crippen LogP contribution < -0.4 is 4.90 Å². The highest BCUT2D eigenvalue weighted by atomic mass is 19.4. The number of benzene rings is 1. The number of amidine groups is 2. The summed E-state index contributed by atoms with van der Waals surface area (Å²) in [6.45, 7) is 5.80. The van der Waals surface area contributed by atoms with Crippen molar-refractivity contribution in [2.24, 2.45) is 16.1 Å². The van der Waals surface area contributed by atoms with Gasteiger partial charge in [-0.25, -0.2) is 0 Å². The van der Waals surface area contributed by atoms with E-state index in [1.807, 2.05) is 13.8 Å². The molecular weight excluding hydrogens is 392 g/mol. The summed E-state index contributed by atoms with van der Waals surface area (Å²) >= 11 is 0. The second-order valence-electron chi connectivity index (χ2n) is 6.34. The lowest BCUT2D eigenvalue weighted by atomic mass is 9.92. The minimum Gasteiger partial charge on any atom is -0.395 e. The van der Waals surface area contributed by atoms with Crippen LogP contribution in [0.5, 0.6) is 0 Å². The Morgan fingerprint density at radius 2 is 1.64 bits per heavy atom. The molecule has 0 radical (unpaired) electrons. The van der Waals surface area contributed by atoms with Crippen LogP contribution in [-0.4, -0.2) is 42.3 Å². The van der Waals surface area contributed by atoms with Crippen LogP contribution in [0.3, 0.4) is 0 Å². The molecule has 1 aromatic rings. The SMILES string of the molecule is CCO/N=C1/CN=C(C(C)C)N1c1ccc(C(O)(C(F)(F)F)C(F)(F)F)cc1. The third kappa shape index (κ3) is 3.80. The van der Waals surface area contributed by atoms with Crippen LogP contribution in [0.4, 0.5) is 32.0 Å². The fourth-order valence-electron chi connectivity index (χ4n) is 2.70. The molecule has 1 aromatic carbocycles. The summed E-state index contributed by atoms with van der Waals surface area (Å²) < 4.78 is 78.1.